The molecule has 0 bridgehead atoms. The largest absolute Gasteiger partial charge is 0.433 e. The number of alkyl halides is 3. The van der Waals surface area contributed by atoms with E-state index in [2.05, 4.69) is 10.3 Å². The van der Waals surface area contributed by atoms with Crippen LogP contribution in [0.1, 0.15) is 16.8 Å². The van der Waals surface area contributed by atoms with Gasteiger partial charge in [0.1, 0.15) is 17.6 Å². The van der Waals surface area contributed by atoms with Crippen molar-refractivity contribution in [3.05, 3.63) is 52.2 Å². The molecule has 0 saturated heterocycles. The van der Waals surface area contributed by atoms with Crippen molar-refractivity contribution < 1.29 is 13.2 Å². The molecule has 0 amide bonds. The molecular weight excluding hydrogens is 303 g/mol. The lowest BCUT2D eigenvalue weighted by Gasteiger charge is -2.13. The summed E-state index contributed by atoms with van der Waals surface area (Å²) in [5, 5.41) is 12.0. The summed E-state index contributed by atoms with van der Waals surface area (Å²) in [4.78, 5) is 3.48. The van der Waals surface area contributed by atoms with Gasteiger partial charge in [-0.25, -0.2) is 4.98 Å². The lowest BCUT2D eigenvalue weighted by molar-refractivity contribution is -0.141. The van der Waals surface area contributed by atoms with E-state index in [9.17, 15) is 13.2 Å². The minimum Gasteiger partial charge on any atom is -0.338 e. The first kappa shape index (κ1) is 15.1. The molecule has 1 N–H and O–H groups in total. The van der Waals surface area contributed by atoms with E-state index < -0.39 is 11.9 Å². The Morgan fingerprint density at radius 2 is 1.95 bits per heavy atom. The van der Waals surface area contributed by atoms with E-state index in [1.165, 1.54) is 0 Å². The van der Waals surface area contributed by atoms with Crippen LogP contribution in [0.3, 0.4) is 0 Å². The Balaban J connectivity index is 2.51. The molecule has 0 atom stereocenters. The molecule has 2 aromatic rings. The van der Waals surface area contributed by atoms with Gasteiger partial charge >= 0.3 is 6.18 Å². The standard InChI is InChI=1S/C14H9ClF3N3/c1-8-3-2-4-10(15)12(8)21-13-9(7-19)5-6-11(20-13)14(16,17)18/h2-6H,1H3,(H,20,21). The van der Waals surface area contributed by atoms with Gasteiger partial charge in [0, 0.05) is 0 Å². The monoisotopic (exact) mass is 311 g/mol. The van der Waals surface area contributed by atoms with Crippen LogP contribution in [-0.2, 0) is 6.18 Å². The first-order valence-corrected chi connectivity index (χ1v) is 6.21. The molecule has 1 aromatic carbocycles. The summed E-state index contributed by atoms with van der Waals surface area (Å²) < 4.78 is 38.1. The molecular formula is C14H9ClF3N3. The zero-order valence-corrected chi connectivity index (χ0v) is 11.5. The van der Waals surface area contributed by atoms with Gasteiger partial charge < -0.3 is 5.32 Å². The highest BCUT2D eigenvalue weighted by Crippen LogP contribution is 2.32. The van der Waals surface area contributed by atoms with Crippen LogP contribution in [0.25, 0.3) is 0 Å². The fourth-order valence-corrected chi connectivity index (χ4v) is 1.98. The van der Waals surface area contributed by atoms with Crippen molar-refractivity contribution in [3.63, 3.8) is 0 Å². The summed E-state index contributed by atoms with van der Waals surface area (Å²) in [6, 6.07) is 8.69. The maximum atomic E-state index is 12.7. The molecule has 108 valence electrons. The topological polar surface area (TPSA) is 48.7 Å². The van der Waals surface area contributed by atoms with Crippen LogP contribution in [0, 0.1) is 18.3 Å². The summed E-state index contributed by atoms with van der Waals surface area (Å²) in [6.07, 6.45) is -4.58. The van der Waals surface area contributed by atoms with E-state index in [4.69, 9.17) is 16.9 Å². The Bertz CT molecular complexity index is 700. The summed E-state index contributed by atoms with van der Waals surface area (Å²) in [6.45, 7) is 1.74. The van der Waals surface area contributed by atoms with Gasteiger partial charge in [-0.3, -0.25) is 0 Å². The molecule has 0 aliphatic rings. The van der Waals surface area contributed by atoms with Crippen molar-refractivity contribution in [1.29, 1.82) is 5.26 Å². The first-order chi connectivity index (χ1) is 9.82. The van der Waals surface area contributed by atoms with Gasteiger partial charge in [-0.05, 0) is 30.7 Å². The molecule has 0 saturated carbocycles. The van der Waals surface area contributed by atoms with Crippen LogP contribution < -0.4 is 5.32 Å². The van der Waals surface area contributed by atoms with Crippen molar-refractivity contribution in [2.45, 2.75) is 13.1 Å². The SMILES string of the molecule is Cc1cccc(Cl)c1Nc1nc(C(F)(F)F)ccc1C#N. The van der Waals surface area contributed by atoms with Crippen LogP contribution >= 0.6 is 11.6 Å². The van der Waals surface area contributed by atoms with Crippen molar-refractivity contribution in [1.82, 2.24) is 4.98 Å². The fourth-order valence-electron chi connectivity index (χ4n) is 1.71. The number of anilines is 2. The number of nitrogens with zero attached hydrogens (tertiary/aromatic N) is 2. The maximum absolute atomic E-state index is 12.7. The average Bonchev–Trinajstić information content (AvgIpc) is 2.42. The average molecular weight is 312 g/mol. The van der Waals surface area contributed by atoms with Crippen LogP contribution in [0.4, 0.5) is 24.7 Å². The molecule has 0 spiro atoms. The van der Waals surface area contributed by atoms with Crippen LogP contribution in [0.2, 0.25) is 5.02 Å². The second kappa shape index (κ2) is 5.62. The molecule has 1 heterocycles. The van der Waals surface area contributed by atoms with Gasteiger partial charge in [-0.1, -0.05) is 23.7 Å². The van der Waals surface area contributed by atoms with E-state index in [-0.39, 0.29) is 11.4 Å². The first-order valence-electron chi connectivity index (χ1n) is 5.83. The van der Waals surface area contributed by atoms with Gasteiger partial charge in [-0.15, -0.1) is 0 Å². The number of hydrogen-bond acceptors (Lipinski definition) is 3. The second-order valence-electron chi connectivity index (χ2n) is 4.26. The van der Waals surface area contributed by atoms with E-state index >= 15 is 0 Å². The van der Waals surface area contributed by atoms with Gasteiger partial charge in [0.15, 0.2) is 0 Å². The number of nitriles is 1. The Labute approximate surface area is 124 Å². The quantitative estimate of drug-likeness (QED) is 0.876. The van der Waals surface area contributed by atoms with Gasteiger partial charge in [0.25, 0.3) is 0 Å². The highest BCUT2D eigenvalue weighted by molar-refractivity contribution is 6.33. The Kier molecular flexibility index (Phi) is 4.05. The second-order valence-corrected chi connectivity index (χ2v) is 4.67. The summed E-state index contributed by atoms with van der Waals surface area (Å²) in [5.74, 6) is -0.177. The number of aryl methyl sites for hydroxylation is 1. The highest BCUT2D eigenvalue weighted by Gasteiger charge is 2.33. The number of rotatable bonds is 2. The number of halogens is 4. The predicted molar refractivity (Wildman–Crippen MR) is 73.4 cm³/mol. The van der Waals surface area contributed by atoms with Crippen molar-refractivity contribution >= 4 is 23.1 Å². The van der Waals surface area contributed by atoms with Gasteiger partial charge in [0.2, 0.25) is 0 Å². The fraction of sp³-hybridized carbons (Fsp3) is 0.143. The molecule has 0 radical (unpaired) electrons. The number of benzene rings is 1. The van der Waals surface area contributed by atoms with Crippen LogP contribution in [0.5, 0.6) is 0 Å². The van der Waals surface area contributed by atoms with E-state index in [0.29, 0.717) is 10.7 Å². The molecule has 0 fully saturated rings. The van der Waals surface area contributed by atoms with E-state index in [1.807, 2.05) is 0 Å². The molecule has 0 aliphatic heterocycles. The van der Waals surface area contributed by atoms with Crippen molar-refractivity contribution in [2.75, 3.05) is 5.32 Å². The Hall–Kier alpha value is -2.26. The predicted octanol–water partition coefficient (Wildman–Crippen LogP) is 4.68. The maximum Gasteiger partial charge on any atom is 0.433 e. The molecule has 21 heavy (non-hydrogen) atoms. The molecule has 2 rings (SSSR count). The minimum absolute atomic E-state index is 0.00215. The third-order valence-corrected chi connectivity index (χ3v) is 3.09. The smallest absolute Gasteiger partial charge is 0.338 e. The summed E-state index contributed by atoms with van der Waals surface area (Å²) in [7, 11) is 0. The van der Waals surface area contributed by atoms with Crippen molar-refractivity contribution in [3.8, 4) is 6.07 Å². The summed E-state index contributed by atoms with van der Waals surface area (Å²) >= 11 is 6.01. The molecule has 7 heteroatoms. The Morgan fingerprint density at radius 3 is 2.52 bits per heavy atom. The molecule has 3 nitrogen and oxygen atoms in total. The number of pyridine rings is 1. The third kappa shape index (κ3) is 3.26. The number of nitrogens with one attached hydrogen (secondary N) is 1. The zero-order valence-electron chi connectivity index (χ0n) is 10.8. The minimum atomic E-state index is -4.58. The third-order valence-electron chi connectivity index (χ3n) is 2.77. The molecule has 0 aliphatic carbocycles. The van der Waals surface area contributed by atoms with E-state index in [1.54, 1.807) is 31.2 Å². The van der Waals surface area contributed by atoms with Crippen LogP contribution in [-0.4, -0.2) is 4.98 Å². The van der Waals surface area contributed by atoms with Gasteiger partial charge in [-0.2, -0.15) is 18.4 Å². The normalized spacial score (nSPS) is 11.0. The number of para-hydroxylation sites is 1. The number of hydrogen-bond donors (Lipinski definition) is 1. The Morgan fingerprint density at radius 1 is 1.24 bits per heavy atom. The molecule has 1 aromatic heterocycles. The lowest BCUT2D eigenvalue weighted by atomic mass is 10.2. The lowest BCUT2D eigenvalue weighted by Crippen LogP contribution is -2.10. The summed E-state index contributed by atoms with van der Waals surface area (Å²) in [5.41, 5.74) is 0.0733. The van der Waals surface area contributed by atoms with E-state index in [0.717, 1.165) is 17.7 Å². The van der Waals surface area contributed by atoms with Gasteiger partial charge in [0.05, 0.1) is 16.3 Å². The zero-order chi connectivity index (χ0) is 15.6. The molecule has 0 unspecified atom stereocenters. The van der Waals surface area contributed by atoms with Crippen LogP contribution in [0.15, 0.2) is 30.3 Å². The number of aromatic nitrogens is 1. The highest BCUT2D eigenvalue weighted by atomic mass is 35.5. The van der Waals surface area contributed by atoms with Crippen molar-refractivity contribution in [2.24, 2.45) is 0 Å².